The second kappa shape index (κ2) is 5.49. The normalized spacial score (nSPS) is 12.5. The number of thiophene rings is 1. The van der Waals surface area contributed by atoms with Crippen LogP contribution in [0.1, 0.15) is 15.8 Å². The fourth-order valence-electron chi connectivity index (χ4n) is 1.83. The van der Waals surface area contributed by atoms with Gasteiger partial charge >= 0.3 is 0 Å². The molecule has 2 aromatic heterocycles. The molecule has 96 valence electrons. The van der Waals surface area contributed by atoms with Gasteiger partial charge < -0.3 is 0 Å². The smallest absolute Gasteiger partial charge is 0.0969 e. The van der Waals surface area contributed by atoms with Gasteiger partial charge in [-0.1, -0.05) is 18.2 Å². The lowest BCUT2D eigenvalue weighted by molar-refractivity contribution is 0.880. The second-order valence-corrected chi connectivity index (χ2v) is 6.29. The number of aromatic nitrogens is 2. The van der Waals surface area contributed by atoms with E-state index in [2.05, 4.69) is 21.0 Å². The topological polar surface area (TPSA) is 17.8 Å². The molecule has 0 radical (unpaired) electrons. The molecule has 1 unspecified atom stereocenters. The summed E-state index contributed by atoms with van der Waals surface area (Å²) in [5.41, 5.74) is 2.02. The van der Waals surface area contributed by atoms with Crippen LogP contribution in [0.4, 0.5) is 0 Å². The van der Waals surface area contributed by atoms with Crippen LogP contribution in [-0.4, -0.2) is 9.78 Å². The Balaban J connectivity index is 1.92. The molecule has 0 aliphatic carbocycles. The highest BCUT2D eigenvalue weighted by Crippen LogP contribution is 2.37. The Morgan fingerprint density at radius 1 is 1.21 bits per heavy atom. The standard InChI is InChI=1S/C14H10BrClN2S/c15-12-6-7-19-14(12)13(16)10-8-17-18(9-10)11-4-2-1-3-5-11/h1-9,13H. The van der Waals surface area contributed by atoms with Crippen molar-refractivity contribution in [3.05, 3.63) is 69.1 Å². The number of alkyl halides is 1. The van der Waals surface area contributed by atoms with Crippen LogP contribution in [0.3, 0.4) is 0 Å². The van der Waals surface area contributed by atoms with Gasteiger partial charge in [0.05, 0.1) is 17.3 Å². The Morgan fingerprint density at radius 3 is 2.68 bits per heavy atom. The molecule has 1 atom stereocenters. The predicted molar refractivity (Wildman–Crippen MR) is 83.3 cm³/mol. The lowest BCUT2D eigenvalue weighted by Gasteiger charge is -2.05. The van der Waals surface area contributed by atoms with Crippen LogP contribution in [0, 0.1) is 0 Å². The van der Waals surface area contributed by atoms with Gasteiger partial charge in [0.1, 0.15) is 0 Å². The molecule has 5 heteroatoms. The molecule has 3 aromatic rings. The molecule has 0 spiro atoms. The van der Waals surface area contributed by atoms with Gasteiger partial charge in [0.15, 0.2) is 0 Å². The summed E-state index contributed by atoms with van der Waals surface area (Å²) in [5, 5.41) is 6.22. The minimum atomic E-state index is -0.174. The van der Waals surface area contributed by atoms with E-state index in [0.717, 1.165) is 20.6 Å². The van der Waals surface area contributed by atoms with Crippen LogP contribution in [0.15, 0.2) is 58.6 Å². The van der Waals surface area contributed by atoms with E-state index in [-0.39, 0.29) is 5.38 Å². The average Bonchev–Trinajstić information content (AvgIpc) is 3.08. The summed E-state index contributed by atoms with van der Waals surface area (Å²) in [6.45, 7) is 0. The summed E-state index contributed by atoms with van der Waals surface area (Å²) in [5.74, 6) is 0. The molecule has 0 N–H and O–H groups in total. The molecule has 2 heterocycles. The first kappa shape index (κ1) is 12.9. The van der Waals surface area contributed by atoms with Crippen molar-refractivity contribution in [2.24, 2.45) is 0 Å². The van der Waals surface area contributed by atoms with Crippen molar-refractivity contribution in [1.29, 1.82) is 0 Å². The van der Waals surface area contributed by atoms with E-state index in [1.807, 2.05) is 58.9 Å². The largest absolute Gasteiger partial charge is 0.241 e. The molecule has 0 aliphatic heterocycles. The van der Waals surface area contributed by atoms with E-state index >= 15 is 0 Å². The molecule has 0 saturated heterocycles. The Kier molecular flexibility index (Phi) is 3.73. The number of benzene rings is 1. The molecule has 0 amide bonds. The summed E-state index contributed by atoms with van der Waals surface area (Å²) in [4.78, 5) is 1.11. The van der Waals surface area contributed by atoms with E-state index in [4.69, 9.17) is 11.6 Å². The lowest BCUT2D eigenvalue weighted by atomic mass is 10.2. The Hall–Kier alpha value is -1.10. The maximum absolute atomic E-state index is 6.51. The van der Waals surface area contributed by atoms with Crippen molar-refractivity contribution in [2.75, 3.05) is 0 Å². The maximum atomic E-state index is 6.51. The minimum Gasteiger partial charge on any atom is -0.241 e. The zero-order chi connectivity index (χ0) is 13.2. The van der Waals surface area contributed by atoms with E-state index in [1.165, 1.54) is 0 Å². The van der Waals surface area contributed by atoms with Gasteiger partial charge in [0.2, 0.25) is 0 Å². The number of rotatable bonds is 3. The number of para-hydroxylation sites is 1. The molecule has 0 fully saturated rings. The van der Waals surface area contributed by atoms with Crippen LogP contribution in [0.2, 0.25) is 0 Å². The van der Waals surface area contributed by atoms with Gasteiger partial charge in [-0.25, -0.2) is 4.68 Å². The highest BCUT2D eigenvalue weighted by molar-refractivity contribution is 9.10. The number of hydrogen-bond acceptors (Lipinski definition) is 2. The summed E-state index contributed by atoms with van der Waals surface area (Å²) in [7, 11) is 0. The average molecular weight is 354 g/mol. The molecule has 19 heavy (non-hydrogen) atoms. The zero-order valence-electron chi connectivity index (χ0n) is 9.83. The molecule has 2 nitrogen and oxygen atoms in total. The van der Waals surface area contributed by atoms with Gasteiger partial charge in [0.25, 0.3) is 0 Å². The van der Waals surface area contributed by atoms with Gasteiger partial charge in [0, 0.05) is 21.1 Å². The Morgan fingerprint density at radius 2 is 2.00 bits per heavy atom. The fourth-order valence-corrected chi connectivity index (χ4v) is 3.95. The van der Waals surface area contributed by atoms with E-state index < -0.39 is 0 Å². The van der Waals surface area contributed by atoms with E-state index in [9.17, 15) is 0 Å². The van der Waals surface area contributed by atoms with Crippen LogP contribution < -0.4 is 0 Å². The van der Waals surface area contributed by atoms with Crippen molar-refractivity contribution in [1.82, 2.24) is 9.78 Å². The second-order valence-electron chi connectivity index (χ2n) is 4.05. The zero-order valence-corrected chi connectivity index (χ0v) is 13.0. The number of halogens is 2. The molecule has 0 saturated carbocycles. The highest BCUT2D eigenvalue weighted by Gasteiger charge is 2.17. The first-order valence-corrected chi connectivity index (χ1v) is 7.83. The van der Waals surface area contributed by atoms with Crippen LogP contribution in [0.25, 0.3) is 5.69 Å². The summed E-state index contributed by atoms with van der Waals surface area (Å²) in [6.07, 6.45) is 3.79. The summed E-state index contributed by atoms with van der Waals surface area (Å²) in [6, 6.07) is 12.0. The summed E-state index contributed by atoms with van der Waals surface area (Å²) >= 11 is 11.7. The minimum absolute atomic E-state index is 0.174. The van der Waals surface area contributed by atoms with Crippen LogP contribution >= 0.6 is 38.9 Å². The van der Waals surface area contributed by atoms with Crippen LogP contribution in [-0.2, 0) is 0 Å². The van der Waals surface area contributed by atoms with Crippen LogP contribution in [0.5, 0.6) is 0 Å². The number of nitrogens with zero attached hydrogens (tertiary/aromatic N) is 2. The SMILES string of the molecule is ClC(c1cnn(-c2ccccc2)c1)c1sccc1Br. The van der Waals surface area contributed by atoms with Gasteiger partial charge in [-0.3, -0.25) is 0 Å². The molecule has 1 aromatic carbocycles. The van der Waals surface area contributed by atoms with Gasteiger partial charge in [-0.15, -0.1) is 22.9 Å². The Bertz CT molecular complexity index is 678. The lowest BCUT2D eigenvalue weighted by Crippen LogP contribution is -1.93. The van der Waals surface area contributed by atoms with Crippen molar-refractivity contribution >= 4 is 38.9 Å². The third-order valence-electron chi connectivity index (χ3n) is 2.79. The van der Waals surface area contributed by atoms with Crippen molar-refractivity contribution in [3.63, 3.8) is 0 Å². The first-order chi connectivity index (χ1) is 9.25. The number of hydrogen-bond donors (Lipinski definition) is 0. The van der Waals surface area contributed by atoms with Crippen molar-refractivity contribution < 1.29 is 0 Å². The van der Waals surface area contributed by atoms with Gasteiger partial charge in [-0.2, -0.15) is 5.10 Å². The fraction of sp³-hybridized carbons (Fsp3) is 0.0714. The molecule has 0 aliphatic rings. The maximum Gasteiger partial charge on any atom is 0.0969 e. The quantitative estimate of drug-likeness (QED) is 0.604. The first-order valence-electron chi connectivity index (χ1n) is 5.72. The summed E-state index contributed by atoms with van der Waals surface area (Å²) < 4.78 is 2.89. The monoisotopic (exact) mass is 352 g/mol. The van der Waals surface area contributed by atoms with E-state index in [1.54, 1.807) is 11.3 Å². The van der Waals surface area contributed by atoms with Crippen molar-refractivity contribution in [3.8, 4) is 5.69 Å². The molecular formula is C14H10BrClN2S. The van der Waals surface area contributed by atoms with Crippen molar-refractivity contribution in [2.45, 2.75) is 5.38 Å². The van der Waals surface area contributed by atoms with Gasteiger partial charge in [-0.05, 0) is 39.5 Å². The molecule has 3 rings (SSSR count). The third kappa shape index (κ3) is 2.61. The van der Waals surface area contributed by atoms with E-state index in [0.29, 0.717) is 0 Å². The third-order valence-corrected chi connectivity index (χ3v) is 5.33. The molecular weight excluding hydrogens is 344 g/mol. The Labute approximate surface area is 128 Å². The molecule has 0 bridgehead atoms. The predicted octanol–water partition coefficient (Wildman–Crippen LogP) is 5.02. The highest BCUT2D eigenvalue weighted by atomic mass is 79.9.